The molecule has 0 aliphatic heterocycles. The van der Waals surface area contributed by atoms with Crippen LogP contribution in [-0.2, 0) is 4.79 Å². The monoisotopic (exact) mass is 196 g/mol. The Labute approximate surface area is 88.3 Å². The van der Waals surface area contributed by atoms with Gasteiger partial charge in [-0.1, -0.05) is 51.9 Å². The molecule has 0 bridgehead atoms. The van der Waals surface area contributed by atoms with Crippen molar-refractivity contribution < 1.29 is 4.79 Å². The first-order valence-electron chi connectivity index (χ1n) is 6.34. The van der Waals surface area contributed by atoms with Gasteiger partial charge in [0, 0.05) is 12.8 Å². The van der Waals surface area contributed by atoms with Crippen LogP contribution in [0.1, 0.15) is 71.1 Å². The van der Waals surface area contributed by atoms with Crippen molar-refractivity contribution in [3.8, 4) is 0 Å². The van der Waals surface area contributed by atoms with E-state index in [-0.39, 0.29) is 0 Å². The smallest absolute Gasteiger partial charge is 0.133 e. The van der Waals surface area contributed by atoms with Crippen molar-refractivity contribution in [2.45, 2.75) is 71.1 Å². The van der Waals surface area contributed by atoms with Crippen LogP contribution in [0.5, 0.6) is 0 Å². The summed E-state index contributed by atoms with van der Waals surface area (Å²) in [7, 11) is 0. The average molecular weight is 196 g/mol. The van der Waals surface area contributed by atoms with E-state index in [1.807, 2.05) is 0 Å². The Morgan fingerprint density at radius 3 is 2.86 bits per heavy atom. The van der Waals surface area contributed by atoms with Gasteiger partial charge in [0.15, 0.2) is 0 Å². The molecule has 0 radical (unpaired) electrons. The predicted octanol–water partition coefficient (Wildman–Crippen LogP) is 4.11. The van der Waals surface area contributed by atoms with Gasteiger partial charge in [0.05, 0.1) is 0 Å². The number of carbonyl (C=O) groups excluding carboxylic acids is 1. The highest BCUT2D eigenvalue weighted by molar-refractivity contribution is 5.78. The van der Waals surface area contributed by atoms with Gasteiger partial charge in [-0.3, -0.25) is 4.79 Å². The minimum atomic E-state index is 0.517. The first kappa shape index (κ1) is 11.7. The average Bonchev–Trinajstić information content (AvgIpc) is 2.38. The molecule has 0 aromatic rings. The van der Waals surface area contributed by atoms with Crippen LogP contribution in [0.25, 0.3) is 0 Å². The van der Waals surface area contributed by atoms with E-state index in [4.69, 9.17) is 0 Å². The lowest BCUT2D eigenvalue weighted by atomic mass is 9.93. The van der Waals surface area contributed by atoms with Crippen molar-refractivity contribution in [1.82, 2.24) is 0 Å². The highest BCUT2D eigenvalue weighted by Gasteiger charge is 2.16. The molecule has 1 nitrogen and oxygen atoms in total. The highest BCUT2D eigenvalue weighted by atomic mass is 16.1. The Kier molecular flexibility index (Phi) is 5.89. The van der Waals surface area contributed by atoms with Gasteiger partial charge in [0.25, 0.3) is 0 Å². The minimum absolute atomic E-state index is 0.517. The first-order valence-corrected chi connectivity index (χ1v) is 6.34. The number of unbranched alkanes of at least 4 members (excludes halogenated alkanes) is 3. The summed E-state index contributed by atoms with van der Waals surface area (Å²) >= 11 is 0. The van der Waals surface area contributed by atoms with Crippen molar-refractivity contribution in [2.75, 3.05) is 0 Å². The molecular weight excluding hydrogens is 172 g/mol. The molecule has 1 aliphatic rings. The fraction of sp³-hybridized carbons (Fsp3) is 0.923. The zero-order valence-electron chi connectivity index (χ0n) is 9.56. The van der Waals surface area contributed by atoms with Crippen LogP contribution < -0.4 is 0 Å². The van der Waals surface area contributed by atoms with Crippen molar-refractivity contribution in [3.63, 3.8) is 0 Å². The maximum atomic E-state index is 11.4. The molecule has 1 unspecified atom stereocenters. The number of carbonyl (C=O) groups is 1. The molecule has 0 aromatic carbocycles. The molecule has 0 aromatic heterocycles. The van der Waals surface area contributed by atoms with E-state index in [1.54, 1.807) is 0 Å². The summed E-state index contributed by atoms with van der Waals surface area (Å²) in [4.78, 5) is 11.4. The lowest BCUT2D eigenvalue weighted by molar-refractivity contribution is -0.119. The molecule has 1 rings (SSSR count). The van der Waals surface area contributed by atoms with Crippen LogP contribution >= 0.6 is 0 Å². The molecule has 1 saturated carbocycles. The van der Waals surface area contributed by atoms with Crippen molar-refractivity contribution in [3.05, 3.63) is 0 Å². The van der Waals surface area contributed by atoms with E-state index in [0.29, 0.717) is 5.78 Å². The molecule has 0 amide bonds. The van der Waals surface area contributed by atoms with Gasteiger partial charge in [0.1, 0.15) is 5.78 Å². The van der Waals surface area contributed by atoms with Gasteiger partial charge >= 0.3 is 0 Å². The van der Waals surface area contributed by atoms with Gasteiger partial charge in [-0.05, 0) is 12.3 Å². The third-order valence-corrected chi connectivity index (χ3v) is 3.30. The summed E-state index contributed by atoms with van der Waals surface area (Å²) in [6, 6.07) is 0. The molecular formula is C13H24O. The van der Waals surface area contributed by atoms with Crippen LogP contribution in [0.4, 0.5) is 0 Å². The molecule has 1 fully saturated rings. The van der Waals surface area contributed by atoms with E-state index in [1.165, 1.54) is 44.9 Å². The second-order valence-corrected chi connectivity index (χ2v) is 4.70. The number of ketones is 1. The SMILES string of the molecule is CCCCCCC1CCCCC(=O)C1. The Bertz CT molecular complexity index is 163. The number of hydrogen-bond donors (Lipinski definition) is 0. The fourth-order valence-electron chi connectivity index (χ4n) is 2.39. The van der Waals surface area contributed by atoms with E-state index in [2.05, 4.69) is 6.92 Å². The van der Waals surface area contributed by atoms with Gasteiger partial charge in [-0.15, -0.1) is 0 Å². The summed E-state index contributed by atoms with van der Waals surface area (Å²) in [6.07, 6.45) is 12.1. The van der Waals surface area contributed by atoms with Gasteiger partial charge in [-0.2, -0.15) is 0 Å². The Hall–Kier alpha value is -0.330. The van der Waals surface area contributed by atoms with E-state index in [0.717, 1.165) is 25.2 Å². The van der Waals surface area contributed by atoms with Crippen LogP contribution in [-0.4, -0.2) is 5.78 Å². The standard InChI is InChI=1S/C13H24O/c1-2-3-4-5-8-12-9-6-7-10-13(14)11-12/h12H,2-11H2,1H3. The van der Waals surface area contributed by atoms with E-state index >= 15 is 0 Å². The van der Waals surface area contributed by atoms with Crippen molar-refractivity contribution in [2.24, 2.45) is 5.92 Å². The summed E-state index contributed by atoms with van der Waals surface area (Å²) in [5.74, 6) is 1.24. The van der Waals surface area contributed by atoms with Gasteiger partial charge < -0.3 is 0 Å². The van der Waals surface area contributed by atoms with E-state index in [9.17, 15) is 4.79 Å². The lowest BCUT2D eigenvalue weighted by Crippen LogP contribution is -2.04. The maximum absolute atomic E-state index is 11.4. The molecule has 0 heterocycles. The lowest BCUT2D eigenvalue weighted by Gasteiger charge is -2.12. The number of hydrogen-bond acceptors (Lipinski definition) is 1. The molecule has 1 heteroatoms. The second-order valence-electron chi connectivity index (χ2n) is 4.70. The van der Waals surface area contributed by atoms with Gasteiger partial charge in [0.2, 0.25) is 0 Å². The summed E-state index contributed by atoms with van der Waals surface area (Å²) in [5, 5.41) is 0. The highest BCUT2D eigenvalue weighted by Crippen LogP contribution is 2.25. The second kappa shape index (κ2) is 7.03. The Morgan fingerprint density at radius 1 is 1.21 bits per heavy atom. The third kappa shape index (κ3) is 4.78. The van der Waals surface area contributed by atoms with Crippen LogP contribution in [0, 0.1) is 5.92 Å². The Balaban J connectivity index is 2.12. The topological polar surface area (TPSA) is 17.1 Å². The van der Waals surface area contributed by atoms with Crippen LogP contribution in [0.3, 0.4) is 0 Å². The summed E-state index contributed by atoms with van der Waals surface area (Å²) in [5.41, 5.74) is 0. The van der Waals surface area contributed by atoms with Crippen molar-refractivity contribution >= 4 is 5.78 Å². The van der Waals surface area contributed by atoms with Crippen molar-refractivity contribution in [1.29, 1.82) is 0 Å². The first-order chi connectivity index (χ1) is 6.83. The minimum Gasteiger partial charge on any atom is -0.300 e. The number of Topliss-reactive ketones (excluding diaryl/α,β-unsaturated/α-hetero) is 1. The molecule has 82 valence electrons. The molecule has 0 N–H and O–H groups in total. The molecule has 14 heavy (non-hydrogen) atoms. The number of rotatable bonds is 5. The van der Waals surface area contributed by atoms with Gasteiger partial charge in [-0.25, -0.2) is 0 Å². The largest absolute Gasteiger partial charge is 0.300 e. The summed E-state index contributed by atoms with van der Waals surface area (Å²) in [6.45, 7) is 2.25. The van der Waals surface area contributed by atoms with E-state index < -0.39 is 0 Å². The molecule has 1 aliphatic carbocycles. The Morgan fingerprint density at radius 2 is 2.07 bits per heavy atom. The molecule has 0 spiro atoms. The molecule has 1 atom stereocenters. The maximum Gasteiger partial charge on any atom is 0.133 e. The third-order valence-electron chi connectivity index (χ3n) is 3.30. The zero-order chi connectivity index (χ0) is 10.2. The fourth-order valence-corrected chi connectivity index (χ4v) is 2.39. The summed E-state index contributed by atoms with van der Waals surface area (Å²) < 4.78 is 0. The molecule has 0 saturated heterocycles. The zero-order valence-corrected chi connectivity index (χ0v) is 9.56. The normalized spacial score (nSPS) is 23.5. The quantitative estimate of drug-likeness (QED) is 0.478. The van der Waals surface area contributed by atoms with Crippen LogP contribution in [0.2, 0.25) is 0 Å². The predicted molar refractivity (Wildman–Crippen MR) is 60.3 cm³/mol. The van der Waals surface area contributed by atoms with Crippen LogP contribution in [0.15, 0.2) is 0 Å².